The third kappa shape index (κ3) is 3.82. The summed E-state index contributed by atoms with van der Waals surface area (Å²) in [6, 6.07) is 59.3. The number of hydrogen-bond donors (Lipinski definition) is 0. The lowest BCUT2D eigenvalue weighted by atomic mass is 9.63. The fourth-order valence-corrected chi connectivity index (χ4v) is 7.76. The van der Waals surface area contributed by atoms with Crippen LogP contribution in [-0.4, -0.2) is 0 Å². The molecule has 48 heavy (non-hydrogen) atoms. The van der Waals surface area contributed by atoms with Crippen molar-refractivity contribution in [3.63, 3.8) is 0 Å². The molecule has 0 saturated carbocycles. The Labute approximate surface area is 277 Å². The van der Waals surface area contributed by atoms with Crippen LogP contribution in [0.1, 0.15) is 22.3 Å². The molecule has 226 valence electrons. The monoisotopic (exact) mass is 616 g/mol. The third-order valence-corrected chi connectivity index (χ3v) is 9.85. The molecule has 3 nitrogen and oxygen atoms in total. The molecule has 0 unspecified atom stereocenters. The van der Waals surface area contributed by atoms with E-state index in [4.69, 9.17) is 13.6 Å². The first-order valence-corrected chi connectivity index (χ1v) is 16.3. The van der Waals surface area contributed by atoms with Gasteiger partial charge in [0.25, 0.3) is 0 Å². The summed E-state index contributed by atoms with van der Waals surface area (Å²) in [5.74, 6) is 3.22. The molecule has 0 saturated heterocycles. The van der Waals surface area contributed by atoms with E-state index in [0.29, 0.717) is 0 Å². The van der Waals surface area contributed by atoms with E-state index in [1.807, 2.05) is 24.3 Å². The second-order valence-electron chi connectivity index (χ2n) is 12.4. The highest BCUT2D eigenvalue weighted by Crippen LogP contribution is 2.55. The molecular weight excluding hydrogens is 588 g/mol. The SMILES string of the molecule is c1ccc(C2(c3ccccc3)c3ccccc3Oc3cc(-c4ccc(-c5cccc6oc7c8ccccc8ccc7c56)o4)ccc32)cc1. The zero-order chi connectivity index (χ0) is 31.7. The maximum atomic E-state index is 6.71. The number of furan rings is 2. The van der Waals surface area contributed by atoms with E-state index in [-0.39, 0.29) is 0 Å². The maximum absolute atomic E-state index is 6.71. The molecule has 9 aromatic rings. The Bertz CT molecular complexity index is 2600. The minimum Gasteiger partial charge on any atom is -0.457 e. The van der Waals surface area contributed by atoms with Crippen molar-refractivity contribution in [2.75, 3.05) is 0 Å². The molecule has 2 aromatic heterocycles. The maximum Gasteiger partial charge on any atom is 0.143 e. The van der Waals surface area contributed by atoms with Gasteiger partial charge < -0.3 is 13.6 Å². The van der Waals surface area contributed by atoms with Crippen molar-refractivity contribution in [3.05, 3.63) is 192 Å². The zero-order valence-electron chi connectivity index (χ0n) is 25.9. The molecule has 0 radical (unpaired) electrons. The van der Waals surface area contributed by atoms with Gasteiger partial charge in [0.15, 0.2) is 0 Å². The van der Waals surface area contributed by atoms with E-state index in [0.717, 1.165) is 78.0 Å². The van der Waals surface area contributed by atoms with Crippen molar-refractivity contribution in [1.29, 1.82) is 0 Å². The summed E-state index contributed by atoms with van der Waals surface area (Å²) in [7, 11) is 0. The predicted octanol–water partition coefficient (Wildman–Crippen LogP) is 12.2. The van der Waals surface area contributed by atoms with E-state index in [2.05, 4.69) is 146 Å². The lowest BCUT2D eigenvalue weighted by molar-refractivity contribution is 0.434. The lowest BCUT2D eigenvalue weighted by Crippen LogP contribution is -2.34. The fourth-order valence-electron chi connectivity index (χ4n) is 7.76. The summed E-state index contributed by atoms with van der Waals surface area (Å²) in [6.07, 6.45) is 0. The zero-order valence-corrected chi connectivity index (χ0v) is 25.9. The van der Waals surface area contributed by atoms with Crippen LogP contribution in [0.2, 0.25) is 0 Å². The molecule has 0 fully saturated rings. The van der Waals surface area contributed by atoms with Crippen LogP contribution in [0.4, 0.5) is 0 Å². The van der Waals surface area contributed by atoms with Crippen molar-refractivity contribution >= 4 is 32.7 Å². The highest BCUT2D eigenvalue weighted by atomic mass is 16.5. The Morgan fingerprint density at radius 3 is 1.98 bits per heavy atom. The molecule has 10 rings (SSSR count). The number of ether oxygens (including phenoxy) is 1. The second-order valence-corrected chi connectivity index (χ2v) is 12.4. The van der Waals surface area contributed by atoms with Crippen molar-refractivity contribution in [1.82, 2.24) is 0 Å². The average Bonchev–Trinajstić information content (AvgIpc) is 3.80. The van der Waals surface area contributed by atoms with Crippen LogP contribution in [0.15, 0.2) is 179 Å². The molecule has 0 atom stereocenters. The molecule has 0 aliphatic carbocycles. The van der Waals surface area contributed by atoms with Gasteiger partial charge in [-0.3, -0.25) is 0 Å². The lowest BCUT2D eigenvalue weighted by Gasteiger charge is -2.41. The van der Waals surface area contributed by atoms with Gasteiger partial charge in [-0.05, 0) is 52.9 Å². The summed E-state index contributed by atoms with van der Waals surface area (Å²) in [6.45, 7) is 0. The summed E-state index contributed by atoms with van der Waals surface area (Å²) >= 11 is 0. The highest BCUT2D eigenvalue weighted by Gasteiger charge is 2.45. The normalized spacial score (nSPS) is 13.3. The van der Waals surface area contributed by atoms with Gasteiger partial charge in [0.1, 0.15) is 34.2 Å². The van der Waals surface area contributed by atoms with Crippen molar-refractivity contribution in [3.8, 4) is 34.1 Å². The Kier molecular flexibility index (Phi) is 5.79. The number of hydrogen-bond acceptors (Lipinski definition) is 3. The molecule has 0 spiro atoms. The van der Waals surface area contributed by atoms with Crippen molar-refractivity contribution in [2.24, 2.45) is 0 Å². The van der Waals surface area contributed by atoms with E-state index in [1.54, 1.807) is 0 Å². The first-order valence-electron chi connectivity index (χ1n) is 16.3. The summed E-state index contributed by atoms with van der Waals surface area (Å²) in [5, 5.41) is 4.40. The fraction of sp³-hybridized carbons (Fsp3) is 0.0222. The van der Waals surface area contributed by atoms with Crippen LogP contribution in [-0.2, 0) is 5.41 Å². The Hall–Kier alpha value is -6.32. The Balaban J connectivity index is 1.13. The average molecular weight is 617 g/mol. The van der Waals surface area contributed by atoms with Crippen LogP contribution in [0.25, 0.3) is 55.4 Å². The van der Waals surface area contributed by atoms with Gasteiger partial charge in [0, 0.05) is 38.4 Å². The minimum atomic E-state index is -0.554. The molecule has 1 aliphatic heterocycles. The van der Waals surface area contributed by atoms with Gasteiger partial charge in [-0.2, -0.15) is 0 Å². The van der Waals surface area contributed by atoms with Crippen LogP contribution >= 0.6 is 0 Å². The van der Waals surface area contributed by atoms with E-state index in [1.165, 1.54) is 11.1 Å². The van der Waals surface area contributed by atoms with Crippen molar-refractivity contribution < 1.29 is 13.6 Å². The van der Waals surface area contributed by atoms with E-state index < -0.39 is 5.41 Å². The number of fused-ring (bicyclic) bond motifs is 7. The third-order valence-electron chi connectivity index (χ3n) is 9.85. The van der Waals surface area contributed by atoms with E-state index >= 15 is 0 Å². The molecule has 1 aliphatic rings. The van der Waals surface area contributed by atoms with Gasteiger partial charge >= 0.3 is 0 Å². The molecular formula is C45H28O3. The number of benzene rings is 7. The van der Waals surface area contributed by atoms with Gasteiger partial charge in [-0.1, -0.05) is 133 Å². The Morgan fingerprint density at radius 1 is 0.438 bits per heavy atom. The molecule has 0 amide bonds. The minimum absolute atomic E-state index is 0.554. The molecule has 0 N–H and O–H groups in total. The van der Waals surface area contributed by atoms with Crippen LogP contribution in [0, 0.1) is 0 Å². The second kappa shape index (κ2) is 10.3. The van der Waals surface area contributed by atoms with E-state index in [9.17, 15) is 0 Å². The largest absolute Gasteiger partial charge is 0.457 e. The number of rotatable bonds is 4. The summed E-state index contributed by atoms with van der Waals surface area (Å²) in [4.78, 5) is 0. The molecule has 0 bridgehead atoms. The summed E-state index contributed by atoms with van der Waals surface area (Å²) < 4.78 is 19.8. The molecule has 7 aromatic carbocycles. The quantitative estimate of drug-likeness (QED) is 0.197. The standard InChI is InChI=1S/C45H28O3/c1-3-13-31(14-4-1)45(32-15-5-2-6-16-32)36-19-9-10-20-40(36)47-42-28-30(23-25-37(42)45)38-26-27-39(46-38)34-18-11-21-41-43(34)35-24-22-29-12-7-8-17-33(29)44(35)48-41/h1-28H. The highest BCUT2D eigenvalue weighted by molar-refractivity contribution is 6.18. The van der Waals surface area contributed by atoms with Crippen LogP contribution in [0.3, 0.4) is 0 Å². The van der Waals surface area contributed by atoms with Gasteiger partial charge in [-0.15, -0.1) is 0 Å². The first kappa shape index (κ1) is 26.9. The topological polar surface area (TPSA) is 35.5 Å². The van der Waals surface area contributed by atoms with Gasteiger partial charge in [-0.25, -0.2) is 0 Å². The molecule has 3 heterocycles. The summed E-state index contributed by atoms with van der Waals surface area (Å²) in [5.41, 5.74) is 7.73. The van der Waals surface area contributed by atoms with Crippen LogP contribution < -0.4 is 4.74 Å². The number of para-hydroxylation sites is 1. The molecule has 3 heteroatoms. The Morgan fingerprint density at radius 2 is 1.15 bits per heavy atom. The first-order chi connectivity index (χ1) is 23.8. The smallest absolute Gasteiger partial charge is 0.143 e. The predicted molar refractivity (Wildman–Crippen MR) is 193 cm³/mol. The van der Waals surface area contributed by atoms with Gasteiger partial charge in [0.2, 0.25) is 0 Å². The van der Waals surface area contributed by atoms with Crippen LogP contribution in [0.5, 0.6) is 11.5 Å². The van der Waals surface area contributed by atoms with Crippen molar-refractivity contribution in [2.45, 2.75) is 5.41 Å². The van der Waals surface area contributed by atoms with Gasteiger partial charge in [0.05, 0.1) is 5.41 Å².